The monoisotopic (exact) mass is 371 g/mol. The first-order valence-electron chi connectivity index (χ1n) is 9.86. The minimum absolute atomic E-state index is 0.0909. The van der Waals surface area contributed by atoms with Crippen LogP contribution < -0.4 is 5.43 Å². The third-order valence-corrected chi connectivity index (χ3v) is 5.84. The van der Waals surface area contributed by atoms with Crippen molar-refractivity contribution in [2.24, 2.45) is 0 Å². The highest BCUT2D eigenvalue weighted by molar-refractivity contribution is 5.82. The largest absolute Gasteiger partial charge is 0.389 e. The average molecular weight is 371 g/mol. The van der Waals surface area contributed by atoms with E-state index in [9.17, 15) is 9.90 Å². The van der Waals surface area contributed by atoms with Gasteiger partial charge >= 0.3 is 0 Å². The molecule has 0 saturated carbocycles. The van der Waals surface area contributed by atoms with Crippen LogP contribution in [0.5, 0.6) is 0 Å². The zero-order chi connectivity index (χ0) is 19.0. The van der Waals surface area contributed by atoms with Crippen molar-refractivity contribution < 1.29 is 9.84 Å². The molecule has 0 radical (unpaired) electrons. The molecule has 6 nitrogen and oxygen atoms in total. The summed E-state index contributed by atoms with van der Waals surface area (Å²) in [6.45, 7) is 9.71. The van der Waals surface area contributed by atoms with E-state index in [4.69, 9.17) is 4.74 Å². The predicted molar refractivity (Wildman–Crippen MR) is 106 cm³/mol. The normalized spacial score (nSPS) is 25.1. The summed E-state index contributed by atoms with van der Waals surface area (Å²) in [5.41, 5.74) is 4.24. The Hall–Kier alpha value is -1.73. The highest BCUT2D eigenvalue weighted by Crippen LogP contribution is 2.19. The van der Waals surface area contributed by atoms with Gasteiger partial charge in [0.1, 0.15) is 0 Å². The Kier molecular flexibility index (Phi) is 5.32. The van der Waals surface area contributed by atoms with Crippen LogP contribution in [-0.2, 0) is 11.3 Å². The molecule has 2 fully saturated rings. The highest BCUT2D eigenvalue weighted by atomic mass is 16.5. The molecule has 2 aliphatic rings. The number of aliphatic hydroxyl groups is 1. The zero-order valence-electron chi connectivity index (χ0n) is 16.2. The van der Waals surface area contributed by atoms with E-state index in [1.54, 1.807) is 6.07 Å². The molecule has 3 heterocycles. The number of H-pyrrole nitrogens is 1. The molecule has 0 amide bonds. The van der Waals surface area contributed by atoms with Crippen LogP contribution in [0.15, 0.2) is 23.0 Å². The van der Waals surface area contributed by atoms with E-state index in [1.165, 1.54) is 0 Å². The topological polar surface area (TPSA) is 68.8 Å². The van der Waals surface area contributed by atoms with Gasteiger partial charge in [-0.2, -0.15) is 0 Å². The number of hydrogen-bond donors (Lipinski definition) is 2. The van der Waals surface area contributed by atoms with Gasteiger partial charge in [0.2, 0.25) is 0 Å². The number of fused-ring (bicyclic) bond motifs is 1. The lowest BCUT2D eigenvalue weighted by atomic mass is 10.1. The summed E-state index contributed by atoms with van der Waals surface area (Å²) in [6.07, 6.45) is 0.680. The average Bonchev–Trinajstić information content (AvgIpc) is 2.91. The molecule has 2 saturated heterocycles. The van der Waals surface area contributed by atoms with Gasteiger partial charge in [-0.3, -0.25) is 14.6 Å². The first kappa shape index (κ1) is 18.6. The SMILES string of the molecule is Cc1cc(C)c2[nH]c(CN3CCCN([C@@H]4COC[C@H]4O)CC3)cc(=O)c2c1. The fourth-order valence-electron chi connectivity index (χ4n) is 4.45. The van der Waals surface area contributed by atoms with E-state index in [-0.39, 0.29) is 17.6 Å². The number of aliphatic hydroxyl groups excluding tert-OH is 1. The minimum Gasteiger partial charge on any atom is -0.389 e. The van der Waals surface area contributed by atoms with Gasteiger partial charge in [0, 0.05) is 36.8 Å². The Balaban J connectivity index is 1.48. The third-order valence-electron chi connectivity index (χ3n) is 5.84. The second-order valence-corrected chi connectivity index (χ2v) is 8.00. The van der Waals surface area contributed by atoms with Crippen molar-refractivity contribution in [1.82, 2.24) is 14.8 Å². The summed E-state index contributed by atoms with van der Waals surface area (Å²) in [5, 5.41) is 10.9. The number of hydrogen-bond acceptors (Lipinski definition) is 5. The van der Waals surface area contributed by atoms with Gasteiger partial charge in [-0.1, -0.05) is 6.07 Å². The second kappa shape index (κ2) is 7.72. The van der Waals surface area contributed by atoms with Crippen LogP contribution in [0.25, 0.3) is 10.9 Å². The minimum atomic E-state index is -0.375. The summed E-state index contributed by atoms with van der Waals surface area (Å²) in [6, 6.07) is 5.94. The molecule has 0 aliphatic carbocycles. The van der Waals surface area contributed by atoms with Gasteiger partial charge < -0.3 is 14.8 Å². The number of aromatic nitrogens is 1. The molecular formula is C21H29N3O3. The molecule has 2 N–H and O–H groups in total. The molecule has 2 atom stereocenters. The first-order chi connectivity index (χ1) is 13.0. The standard InChI is InChI=1S/C21H29N3O3/c1-14-8-15(2)21-17(9-14)19(25)10-16(22-21)11-23-4-3-5-24(7-6-23)18-12-27-13-20(18)26/h8-10,18,20,26H,3-7,11-13H2,1-2H3,(H,22,25)/t18-,20-/m1/s1. The maximum Gasteiger partial charge on any atom is 0.189 e. The van der Waals surface area contributed by atoms with Crippen molar-refractivity contribution in [2.45, 2.75) is 39.0 Å². The third kappa shape index (κ3) is 3.94. The van der Waals surface area contributed by atoms with E-state index >= 15 is 0 Å². The van der Waals surface area contributed by atoms with Gasteiger partial charge in [0.05, 0.1) is 30.9 Å². The number of nitrogens with zero attached hydrogens (tertiary/aromatic N) is 2. The predicted octanol–water partition coefficient (Wildman–Crippen LogP) is 1.41. The van der Waals surface area contributed by atoms with Crippen molar-refractivity contribution in [2.75, 3.05) is 39.4 Å². The van der Waals surface area contributed by atoms with Crippen LogP contribution in [0.2, 0.25) is 0 Å². The second-order valence-electron chi connectivity index (χ2n) is 8.00. The van der Waals surface area contributed by atoms with E-state index < -0.39 is 0 Å². The van der Waals surface area contributed by atoms with Crippen LogP contribution in [0.1, 0.15) is 23.2 Å². The number of aryl methyl sites for hydroxylation is 2. The van der Waals surface area contributed by atoms with Crippen LogP contribution in [0.4, 0.5) is 0 Å². The Labute approximate surface area is 159 Å². The smallest absolute Gasteiger partial charge is 0.189 e. The van der Waals surface area contributed by atoms with Gasteiger partial charge in [0.25, 0.3) is 0 Å². The van der Waals surface area contributed by atoms with Crippen molar-refractivity contribution in [3.05, 3.63) is 45.2 Å². The van der Waals surface area contributed by atoms with Crippen LogP contribution in [0.3, 0.4) is 0 Å². The van der Waals surface area contributed by atoms with Gasteiger partial charge in [-0.15, -0.1) is 0 Å². The Morgan fingerprint density at radius 2 is 2.00 bits per heavy atom. The maximum absolute atomic E-state index is 12.6. The molecule has 2 aliphatic heterocycles. The molecule has 2 aromatic rings. The molecule has 27 heavy (non-hydrogen) atoms. The number of benzene rings is 1. The number of aromatic amines is 1. The van der Waals surface area contributed by atoms with Crippen molar-refractivity contribution >= 4 is 10.9 Å². The van der Waals surface area contributed by atoms with Crippen LogP contribution in [0, 0.1) is 13.8 Å². The Morgan fingerprint density at radius 3 is 2.78 bits per heavy atom. The van der Waals surface area contributed by atoms with Gasteiger partial charge in [-0.25, -0.2) is 0 Å². The Bertz CT molecular complexity index is 879. The lowest BCUT2D eigenvalue weighted by molar-refractivity contribution is 0.0837. The number of rotatable bonds is 3. The quantitative estimate of drug-likeness (QED) is 0.854. The van der Waals surface area contributed by atoms with Crippen LogP contribution >= 0.6 is 0 Å². The van der Waals surface area contributed by atoms with Crippen LogP contribution in [-0.4, -0.2) is 71.4 Å². The lowest BCUT2D eigenvalue weighted by Crippen LogP contribution is -2.44. The maximum atomic E-state index is 12.6. The lowest BCUT2D eigenvalue weighted by Gasteiger charge is -2.28. The van der Waals surface area contributed by atoms with Crippen molar-refractivity contribution in [3.63, 3.8) is 0 Å². The fraction of sp³-hybridized carbons (Fsp3) is 0.571. The molecular weight excluding hydrogens is 342 g/mol. The summed E-state index contributed by atoms with van der Waals surface area (Å²) < 4.78 is 5.41. The summed E-state index contributed by atoms with van der Waals surface area (Å²) in [4.78, 5) is 20.8. The molecule has 1 aromatic carbocycles. The first-order valence-corrected chi connectivity index (χ1v) is 9.86. The molecule has 0 spiro atoms. The van der Waals surface area contributed by atoms with Gasteiger partial charge in [-0.05, 0) is 50.6 Å². The molecule has 0 unspecified atom stereocenters. The number of ether oxygens (including phenoxy) is 1. The van der Waals surface area contributed by atoms with Crippen molar-refractivity contribution in [3.8, 4) is 0 Å². The van der Waals surface area contributed by atoms with E-state index in [1.807, 2.05) is 19.9 Å². The summed E-state index contributed by atoms with van der Waals surface area (Å²) in [5.74, 6) is 0. The fourth-order valence-corrected chi connectivity index (χ4v) is 4.45. The van der Waals surface area contributed by atoms with E-state index in [0.717, 1.165) is 66.9 Å². The summed E-state index contributed by atoms with van der Waals surface area (Å²) >= 11 is 0. The molecule has 6 heteroatoms. The number of nitrogens with one attached hydrogen (secondary N) is 1. The van der Waals surface area contributed by atoms with E-state index in [2.05, 4.69) is 20.9 Å². The molecule has 4 rings (SSSR count). The highest BCUT2D eigenvalue weighted by Gasteiger charge is 2.32. The molecule has 1 aromatic heterocycles. The van der Waals surface area contributed by atoms with E-state index in [0.29, 0.717) is 13.2 Å². The zero-order valence-corrected chi connectivity index (χ0v) is 16.2. The van der Waals surface area contributed by atoms with Gasteiger partial charge in [0.15, 0.2) is 5.43 Å². The molecule has 146 valence electrons. The summed E-state index contributed by atoms with van der Waals surface area (Å²) in [7, 11) is 0. The number of pyridine rings is 1. The molecule has 0 bridgehead atoms. The van der Waals surface area contributed by atoms with Crippen molar-refractivity contribution in [1.29, 1.82) is 0 Å². The Morgan fingerprint density at radius 1 is 1.15 bits per heavy atom.